The number of aliphatic carboxylic acids is 1. The van der Waals surface area contributed by atoms with Crippen molar-refractivity contribution in [3.8, 4) is 0 Å². The van der Waals surface area contributed by atoms with Crippen molar-refractivity contribution in [3.05, 3.63) is 33.8 Å². The standard InChI is InChI=1S/C15H18Cl2O2/c1-9-5-6-11(15(18)19)10(7-9)8-12-13(16)3-2-4-14(12)17/h2-4,9-11H,5-8H2,1H3,(H,18,19). The van der Waals surface area contributed by atoms with E-state index >= 15 is 0 Å². The first kappa shape index (κ1) is 14.7. The monoisotopic (exact) mass is 300 g/mol. The Bertz CT molecular complexity index is 453. The second-order valence-corrected chi connectivity index (χ2v) is 6.34. The maximum absolute atomic E-state index is 11.4. The molecule has 0 aliphatic heterocycles. The van der Waals surface area contributed by atoms with E-state index in [4.69, 9.17) is 23.2 Å². The van der Waals surface area contributed by atoms with Crippen LogP contribution in [0.2, 0.25) is 10.0 Å². The number of halogens is 2. The van der Waals surface area contributed by atoms with Gasteiger partial charge in [0, 0.05) is 10.0 Å². The largest absolute Gasteiger partial charge is 0.481 e. The number of carbonyl (C=O) groups is 1. The predicted octanol–water partition coefficient (Wildman–Crippen LogP) is 4.67. The molecule has 0 bridgehead atoms. The second kappa shape index (κ2) is 6.15. The smallest absolute Gasteiger partial charge is 0.306 e. The number of hydrogen-bond donors (Lipinski definition) is 1. The van der Waals surface area contributed by atoms with E-state index in [-0.39, 0.29) is 11.8 Å². The molecule has 1 N–H and O–H groups in total. The van der Waals surface area contributed by atoms with Crippen LogP contribution in [-0.4, -0.2) is 11.1 Å². The van der Waals surface area contributed by atoms with Gasteiger partial charge < -0.3 is 5.11 Å². The van der Waals surface area contributed by atoms with E-state index in [1.165, 1.54) is 0 Å². The summed E-state index contributed by atoms with van der Waals surface area (Å²) in [4.78, 5) is 11.4. The Morgan fingerprint density at radius 3 is 2.53 bits per heavy atom. The van der Waals surface area contributed by atoms with E-state index in [9.17, 15) is 9.90 Å². The summed E-state index contributed by atoms with van der Waals surface area (Å²) >= 11 is 12.4. The van der Waals surface area contributed by atoms with Gasteiger partial charge in [0.05, 0.1) is 5.92 Å². The molecule has 0 amide bonds. The highest BCUT2D eigenvalue weighted by Crippen LogP contribution is 2.38. The number of hydrogen-bond acceptors (Lipinski definition) is 1. The third-order valence-electron chi connectivity index (χ3n) is 4.09. The molecule has 1 aromatic rings. The molecule has 0 radical (unpaired) electrons. The Morgan fingerprint density at radius 2 is 1.95 bits per heavy atom. The van der Waals surface area contributed by atoms with Crippen LogP contribution in [0, 0.1) is 17.8 Å². The molecule has 2 nitrogen and oxygen atoms in total. The first-order valence-corrected chi connectivity index (χ1v) is 7.40. The van der Waals surface area contributed by atoms with Gasteiger partial charge in [-0.2, -0.15) is 0 Å². The van der Waals surface area contributed by atoms with Crippen LogP contribution < -0.4 is 0 Å². The highest BCUT2D eigenvalue weighted by atomic mass is 35.5. The van der Waals surface area contributed by atoms with E-state index in [1.807, 2.05) is 18.2 Å². The van der Waals surface area contributed by atoms with Gasteiger partial charge in [-0.05, 0) is 55.2 Å². The van der Waals surface area contributed by atoms with Crippen molar-refractivity contribution in [2.45, 2.75) is 32.6 Å². The van der Waals surface area contributed by atoms with Crippen molar-refractivity contribution in [2.24, 2.45) is 17.8 Å². The van der Waals surface area contributed by atoms with E-state index in [0.29, 0.717) is 22.4 Å². The van der Waals surface area contributed by atoms with Crippen LogP contribution in [0.4, 0.5) is 0 Å². The number of rotatable bonds is 3. The minimum Gasteiger partial charge on any atom is -0.481 e. The molecule has 1 saturated carbocycles. The molecule has 2 rings (SSSR count). The first-order valence-electron chi connectivity index (χ1n) is 6.64. The van der Waals surface area contributed by atoms with E-state index < -0.39 is 5.97 Å². The zero-order valence-electron chi connectivity index (χ0n) is 10.9. The molecule has 1 fully saturated rings. The Hall–Kier alpha value is -0.730. The highest BCUT2D eigenvalue weighted by molar-refractivity contribution is 6.35. The Morgan fingerprint density at radius 1 is 1.32 bits per heavy atom. The summed E-state index contributed by atoms with van der Waals surface area (Å²) in [7, 11) is 0. The van der Waals surface area contributed by atoms with Crippen LogP contribution in [0.1, 0.15) is 31.7 Å². The summed E-state index contributed by atoms with van der Waals surface area (Å²) in [5.41, 5.74) is 0.885. The van der Waals surface area contributed by atoms with E-state index in [1.54, 1.807) is 0 Å². The molecule has 0 spiro atoms. The average molecular weight is 301 g/mol. The molecule has 0 saturated heterocycles. The summed E-state index contributed by atoms with van der Waals surface area (Å²) in [5.74, 6) is -0.274. The summed E-state index contributed by atoms with van der Waals surface area (Å²) in [6, 6.07) is 5.43. The van der Waals surface area contributed by atoms with E-state index in [2.05, 4.69) is 6.92 Å². The van der Waals surface area contributed by atoms with E-state index in [0.717, 1.165) is 24.8 Å². The Kier molecular flexibility index (Phi) is 4.75. The zero-order chi connectivity index (χ0) is 14.0. The molecule has 3 unspecified atom stereocenters. The van der Waals surface area contributed by atoms with Gasteiger partial charge in [0.1, 0.15) is 0 Å². The number of carboxylic acids is 1. The molecule has 1 aliphatic rings. The highest BCUT2D eigenvalue weighted by Gasteiger charge is 2.34. The molecule has 1 aromatic carbocycles. The maximum atomic E-state index is 11.4. The molecular weight excluding hydrogens is 283 g/mol. The topological polar surface area (TPSA) is 37.3 Å². The molecule has 4 heteroatoms. The van der Waals surface area contributed by atoms with Crippen molar-refractivity contribution in [1.82, 2.24) is 0 Å². The average Bonchev–Trinajstić information content (AvgIpc) is 2.33. The lowest BCUT2D eigenvalue weighted by atomic mass is 9.72. The maximum Gasteiger partial charge on any atom is 0.306 e. The third kappa shape index (κ3) is 3.43. The van der Waals surface area contributed by atoms with Gasteiger partial charge >= 0.3 is 5.97 Å². The van der Waals surface area contributed by atoms with Crippen LogP contribution in [0.25, 0.3) is 0 Å². The minimum atomic E-state index is -0.694. The van der Waals surface area contributed by atoms with Gasteiger partial charge in [-0.25, -0.2) is 0 Å². The lowest BCUT2D eigenvalue weighted by Crippen LogP contribution is -2.31. The minimum absolute atomic E-state index is 0.124. The summed E-state index contributed by atoms with van der Waals surface area (Å²) < 4.78 is 0. The number of carboxylic acid groups (broad SMARTS) is 1. The van der Waals surface area contributed by atoms with Gasteiger partial charge in [0.25, 0.3) is 0 Å². The van der Waals surface area contributed by atoms with Crippen molar-refractivity contribution in [2.75, 3.05) is 0 Å². The fourth-order valence-electron chi connectivity index (χ4n) is 3.04. The van der Waals surface area contributed by atoms with Gasteiger partial charge in [-0.3, -0.25) is 4.79 Å². The summed E-state index contributed by atoms with van der Waals surface area (Å²) in [6.07, 6.45) is 3.32. The van der Waals surface area contributed by atoms with Gasteiger partial charge in [-0.15, -0.1) is 0 Å². The predicted molar refractivity (Wildman–Crippen MR) is 77.8 cm³/mol. The van der Waals surface area contributed by atoms with Crippen LogP contribution in [0.5, 0.6) is 0 Å². The molecule has 3 atom stereocenters. The third-order valence-corrected chi connectivity index (χ3v) is 4.80. The molecular formula is C15H18Cl2O2. The van der Waals surface area contributed by atoms with Crippen molar-refractivity contribution >= 4 is 29.2 Å². The Labute approximate surface area is 123 Å². The SMILES string of the molecule is CC1CCC(C(=O)O)C(Cc2c(Cl)cccc2Cl)C1. The second-order valence-electron chi connectivity index (χ2n) is 5.53. The van der Waals surface area contributed by atoms with Crippen LogP contribution in [-0.2, 0) is 11.2 Å². The van der Waals surface area contributed by atoms with Crippen molar-refractivity contribution in [1.29, 1.82) is 0 Å². The molecule has 0 aromatic heterocycles. The van der Waals surface area contributed by atoms with Gasteiger partial charge in [0.2, 0.25) is 0 Å². The molecule has 19 heavy (non-hydrogen) atoms. The van der Waals surface area contributed by atoms with Crippen LogP contribution >= 0.6 is 23.2 Å². The first-order chi connectivity index (χ1) is 8.99. The normalized spacial score (nSPS) is 27.2. The molecule has 0 heterocycles. The molecule has 1 aliphatic carbocycles. The van der Waals surface area contributed by atoms with Gasteiger partial charge in [-0.1, -0.05) is 36.2 Å². The quantitative estimate of drug-likeness (QED) is 0.880. The van der Waals surface area contributed by atoms with Crippen molar-refractivity contribution in [3.63, 3.8) is 0 Å². The van der Waals surface area contributed by atoms with Crippen LogP contribution in [0.15, 0.2) is 18.2 Å². The Balaban J connectivity index is 2.21. The zero-order valence-corrected chi connectivity index (χ0v) is 12.4. The van der Waals surface area contributed by atoms with Crippen LogP contribution in [0.3, 0.4) is 0 Å². The summed E-state index contributed by atoms with van der Waals surface area (Å²) in [6.45, 7) is 2.18. The lowest BCUT2D eigenvalue weighted by Gasteiger charge is -2.32. The van der Waals surface area contributed by atoms with Crippen molar-refractivity contribution < 1.29 is 9.90 Å². The summed E-state index contributed by atoms with van der Waals surface area (Å²) in [5, 5.41) is 10.6. The fourth-order valence-corrected chi connectivity index (χ4v) is 3.59. The number of benzene rings is 1. The lowest BCUT2D eigenvalue weighted by molar-refractivity contribution is -0.145. The van der Waals surface area contributed by atoms with Gasteiger partial charge in [0.15, 0.2) is 0 Å². The fraction of sp³-hybridized carbons (Fsp3) is 0.533. The molecule has 104 valence electrons.